The van der Waals surface area contributed by atoms with Crippen LogP contribution in [0.15, 0.2) is 60.7 Å². The highest BCUT2D eigenvalue weighted by molar-refractivity contribution is 6.13. The summed E-state index contributed by atoms with van der Waals surface area (Å²) in [6.45, 7) is 0.595. The van der Waals surface area contributed by atoms with Crippen molar-refractivity contribution in [2.24, 2.45) is 5.41 Å². The normalized spacial score (nSPS) is 14.6. The van der Waals surface area contributed by atoms with Crippen molar-refractivity contribution < 1.29 is 9.59 Å². The van der Waals surface area contributed by atoms with Gasteiger partial charge in [0.15, 0.2) is 0 Å². The third-order valence-corrected chi connectivity index (χ3v) is 4.81. The summed E-state index contributed by atoms with van der Waals surface area (Å²) in [5, 5.41) is 2.96. The highest BCUT2D eigenvalue weighted by Gasteiger charge is 2.57. The highest BCUT2D eigenvalue weighted by Crippen LogP contribution is 2.47. The lowest BCUT2D eigenvalue weighted by Crippen LogP contribution is -2.44. The molecule has 0 aromatic heterocycles. The lowest BCUT2D eigenvalue weighted by Gasteiger charge is -2.23. The Morgan fingerprint density at radius 2 is 1.60 bits per heavy atom. The van der Waals surface area contributed by atoms with Crippen LogP contribution in [0.2, 0.25) is 0 Å². The molecule has 0 spiro atoms. The lowest BCUT2D eigenvalue weighted by atomic mass is 10.0. The van der Waals surface area contributed by atoms with E-state index in [1.54, 1.807) is 11.9 Å². The van der Waals surface area contributed by atoms with E-state index in [1.165, 1.54) is 5.56 Å². The fraction of sp³-hybridized carbons (Fsp3) is 0.333. The molecule has 4 nitrogen and oxygen atoms in total. The summed E-state index contributed by atoms with van der Waals surface area (Å²) in [6, 6.07) is 19.7. The van der Waals surface area contributed by atoms with Gasteiger partial charge in [-0.25, -0.2) is 0 Å². The van der Waals surface area contributed by atoms with Crippen molar-refractivity contribution in [1.29, 1.82) is 0 Å². The second kappa shape index (κ2) is 7.51. The molecule has 25 heavy (non-hydrogen) atoms. The number of carbonyl (C=O) groups excluding carboxylic acids is 2. The van der Waals surface area contributed by atoms with Gasteiger partial charge in [-0.3, -0.25) is 9.59 Å². The topological polar surface area (TPSA) is 49.4 Å². The molecule has 1 fully saturated rings. The van der Waals surface area contributed by atoms with Gasteiger partial charge in [0.2, 0.25) is 11.8 Å². The van der Waals surface area contributed by atoms with Gasteiger partial charge in [0.25, 0.3) is 0 Å². The van der Waals surface area contributed by atoms with Crippen LogP contribution >= 0.6 is 0 Å². The Hall–Kier alpha value is -2.62. The zero-order chi connectivity index (χ0) is 17.7. The number of aryl methyl sites for hydroxylation is 1. The molecule has 3 rings (SSSR count). The smallest absolute Gasteiger partial charge is 0.242 e. The number of hydrogen-bond donors (Lipinski definition) is 1. The maximum Gasteiger partial charge on any atom is 0.242 e. The summed E-state index contributed by atoms with van der Waals surface area (Å²) >= 11 is 0. The minimum Gasteiger partial charge on any atom is -0.355 e. The van der Waals surface area contributed by atoms with Crippen molar-refractivity contribution in [1.82, 2.24) is 5.32 Å². The lowest BCUT2D eigenvalue weighted by molar-refractivity contribution is -0.135. The molecular weight excluding hydrogens is 312 g/mol. The third kappa shape index (κ3) is 3.90. The van der Waals surface area contributed by atoms with E-state index in [1.807, 2.05) is 48.5 Å². The largest absolute Gasteiger partial charge is 0.355 e. The summed E-state index contributed by atoms with van der Waals surface area (Å²) in [6.07, 6.45) is 3.06. The van der Waals surface area contributed by atoms with Crippen LogP contribution in [0.4, 0.5) is 5.69 Å². The molecule has 2 aromatic carbocycles. The van der Waals surface area contributed by atoms with Crippen LogP contribution in [0.3, 0.4) is 0 Å². The first-order chi connectivity index (χ1) is 12.1. The van der Waals surface area contributed by atoms with Gasteiger partial charge in [-0.05, 0) is 43.4 Å². The monoisotopic (exact) mass is 336 g/mol. The van der Waals surface area contributed by atoms with E-state index in [-0.39, 0.29) is 11.8 Å². The number of rotatable bonds is 7. The Bertz CT molecular complexity index is 724. The van der Waals surface area contributed by atoms with Crippen LogP contribution < -0.4 is 10.2 Å². The Kier molecular flexibility index (Phi) is 5.17. The average molecular weight is 336 g/mol. The second-order valence-electron chi connectivity index (χ2n) is 6.63. The minimum absolute atomic E-state index is 0.112. The molecule has 0 bridgehead atoms. The Morgan fingerprint density at radius 3 is 2.20 bits per heavy atom. The van der Waals surface area contributed by atoms with Crippen LogP contribution in [0.5, 0.6) is 0 Å². The summed E-state index contributed by atoms with van der Waals surface area (Å²) in [5.74, 6) is -0.243. The second-order valence-corrected chi connectivity index (χ2v) is 6.63. The number of para-hydroxylation sites is 1. The summed E-state index contributed by atoms with van der Waals surface area (Å²) in [7, 11) is 1.74. The Labute approximate surface area is 148 Å². The fourth-order valence-corrected chi connectivity index (χ4v) is 3.06. The number of nitrogens with one attached hydrogen (secondary N) is 1. The van der Waals surface area contributed by atoms with Crippen LogP contribution in [-0.4, -0.2) is 25.4 Å². The van der Waals surface area contributed by atoms with E-state index in [0.29, 0.717) is 19.4 Å². The van der Waals surface area contributed by atoms with Gasteiger partial charge in [0.05, 0.1) is 0 Å². The molecule has 130 valence electrons. The van der Waals surface area contributed by atoms with Crippen molar-refractivity contribution in [3.8, 4) is 0 Å². The molecular formula is C21H24N2O2. The van der Waals surface area contributed by atoms with E-state index in [2.05, 4.69) is 17.4 Å². The molecule has 1 N–H and O–H groups in total. The van der Waals surface area contributed by atoms with Crippen LogP contribution in [0, 0.1) is 5.41 Å². The summed E-state index contributed by atoms with van der Waals surface area (Å²) in [4.78, 5) is 26.9. The van der Waals surface area contributed by atoms with Crippen molar-refractivity contribution in [3.05, 3.63) is 66.2 Å². The maximum absolute atomic E-state index is 12.8. The molecule has 0 atom stereocenters. The van der Waals surface area contributed by atoms with Gasteiger partial charge in [-0.15, -0.1) is 0 Å². The molecule has 0 saturated heterocycles. The van der Waals surface area contributed by atoms with Gasteiger partial charge < -0.3 is 10.2 Å². The van der Waals surface area contributed by atoms with Crippen molar-refractivity contribution in [2.45, 2.75) is 25.7 Å². The predicted octanol–water partition coefficient (Wildman–Crippen LogP) is 3.18. The fourth-order valence-electron chi connectivity index (χ4n) is 3.06. The molecule has 0 heterocycles. The Morgan fingerprint density at radius 1 is 1.00 bits per heavy atom. The standard InChI is InChI=1S/C21H24N2O2/c1-23(18-12-6-3-7-13-18)20(25)21(14-15-21)19(24)22-16-8-11-17-9-4-2-5-10-17/h2-7,9-10,12-13H,8,11,14-16H2,1H3,(H,22,24). The average Bonchev–Trinajstić information content (AvgIpc) is 3.47. The van der Waals surface area contributed by atoms with Gasteiger partial charge in [0.1, 0.15) is 5.41 Å². The van der Waals surface area contributed by atoms with E-state index in [0.717, 1.165) is 18.5 Å². The van der Waals surface area contributed by atoms with Gasteiger partial charge in [0, 0.05) is 19.3 Å². The SMILES string of the molecule is CN(C(=O)C1(C(=O)NCCCc2ccccc2)CC1)c1ccccc1. The van der Waals surface area contributed by atoms with Crippen LogP contribution in [0.25, 0.3) is 0 Å². The Balaban J connectivity index is 1.52. The number of hydrogen-bond acceptors (Lipinski definition) is 2. The molecule has 1 aliphatic carbocycles. The van der Waals surface area contributed by atoms with Gasteiger partial charge in [-0.1, -0.05) is 48.5 Å². The van der Waals surface area contributed by atoms with Crippen LogP contribution in [-0.2, 0) is 16.0 Å². The van der Waals surface area contributed by atoms with E-state index >= 15 is 0 Å². The molecule has 0 unspecified atom stereocenters. The van der Waals surface area contributed by atoms with Gasteiger partial charge in [-0.2, -0.15) is 0 Å². The number of benzene rings is 2. The molecule has 2 aromatic rings. The summed E-state index contributed by atoms with van der Waals surface area (Å²) < 4.78 is 0. The first-order valence-corrected chi connectivity index (χ1v) is 8.79. The number of anilines is 1. The summed E-state index contributed by atoms with van der Waals surface area (Å²) in [5.41, 5.74) is 1.21. The molecule has 4 heteroatoms. The quantitative estimate of drug-likeness (QED) is 0.624. The zero-order valence-electron chi connectivity index (χ0n) is 14.6. The number of nitrogens with zero attached hydrogens (tertiary/aromatic N) is 1. The van der Waals surface area contributed by atoms with E-state index in [4.69, 9.17) is 0 Å². The molecule has 1 aliphatic rings. The first-order valence-electron chi connectivity index (χ1n) is 8.79. The minimum atomic E-state index is -0.864. The highest BCUT2D eigenvalue weighted by atomic mass is 16.2. The van der Waals surface area contributed by atoms with Crippen LogP contribution in [0.1, 0.15) is 24.8 Å². The number of carbonyl (C=O) groups is 2. The molecule has 0 radical (unpaired) electrons. The van der Waals surface area contributed by atoms with Crippen molar-refractivity contribution >= 4 is 17.5 Å². The zero-order valence-corrected chi connectivity index (χ0v) is 14.6. The first kappa shape index (κ1) is 17.2. The maximum atomic E-state index is 12.8. The number of amides is 2. The van der Waals surface area contributed by atoms with Crippen molar-refractivity contribution in [2.75, 3.05) is 18.5 Å². The van der Waals surface area contributed by atoms with Gasteiger partial charge >= 0.3 is 0 Å². The van der Waals surface area contributed by atoms with E-state index in [9.17, 15) is 9.59 Å². The van der Waals surface area contributed by atoms with Crippen molar-refractivity contribution in [3.63, 3.8) is 0 Å². The third-order valence-electron chi connectivity index (χ3n) is 4.81. The molecule has 0 aliphatic heterocycles. The predicted molar refractivity (Wildman–Crippen MR) is 99.3 cm³/mol. The molecule has 1 saturated carbocycles. The molecule has 2 amide bonds. The van der Waals surface area contributed by atoms with E-state index < -0.39 is 5.41 Å².